The van der Waals surface area contributed by atoms with Gasteiger partial charge in [-0.15, -0.1) is 0 Å². The summed E-state index contributed by atoms with van der Waals surface area (Å²) < 4.78 is 13.9. The van der Waals surface area contributed by atoms with Crippen molar-refractivity contribution in [3.05, 3.63) is 69.0 Å². The molecule has 3 heteroatoms. The standard InChI is InChI=1S/C16H17ClFN/c1-9-6-10(2)15(11(3)7-9)16(19)13-8-12(17)4-5-14(13)18/h4-8,16H,19H2,1-3H3. The van der Waals surface area contributed by atoms with E-state index in [2.05, 4.69) is 12.1 Å². The van der Waals surface area contributed by atoms with Gasteiger partial charge in [-0.3, -0.25) is 0 Å². The first-order valence-corrected chi connectivity index (χ1v) is 6.56. The molecule has 2 aromatic carbocycles. The van der Waals surface area contributed by atoms with Gasteiger partial charge in [-0.25, -0.2) is 4.39 Å². The van der Waals surface area contributed by atoms with Crippen LogP contribution in [0.4, 0.5) is 4.39 Å². The van der Waals surface area contributed by atoms with Crippen LogP contribution in [-0.2, 0) is 0 Å². The lowest BCUT2D eigenvalue weighted by molar-refractivity contribution is 0.599. The van der Waals surface area contributed by atoms with Gasteiger partial charge in [0.2, 0.25) is 0 Å². The number of rotatable bonds is 2. The Balaban J connectivity index is 2.56. The SMILES string of the molecule is Cc1cc(C)c(C(N)c2cc(Cl)ccc2F)c(C)c1. The van der Waals surface area contributed by atoms with Crippen molar-refractivity contribution in [1.29, 1.82) is 0 Å². The zero-order valence-electron chi connectivity index (χ0n) is 11.3. The molecule has 0 aromatic heterocycles. The molecule has 19 heavy (non-hydrogen) atoms. The second-order valence-electron chi connectivity index (χ2n) is 4.96. The van der Waals surface area contributed by atoms with Crippen LogP contribution in [0, 0.1) is 26.6 Å². The van der Waals surface area contributed by atoms with Crippen LogP contribution >= 0.6 is 11.6 Å². The van der Waals surface area contributed by atoms with Crippen molar-refractivity contribution in [2.75, 3.05) is 0 Å². The number of hydrogen-bond acceptors (Lipinski definition) is 1. The van der Waals surface area contributed by atoms with E-state index in [0.717, 1.165) is 16.7 Å². The van der Waals surface area contributed by atoms with Gasteiger partial charge in [-0.1, -0.05) is 29.3 Å². The molecule has 0 amide bonds. The normalized spacial score (nSPS) is 12.5. The minimum atomic E-state index is -0.501. The highest BCUT2D eigenvalue weighted by Gasteiger charge is 2.18. The predicted molar refractivity (Wildman–Crippen MR) is 78.1 cm³/mol. The summed E-state index contributed by atoms with van der Waals surface area (Å²) in [5.74, 6) is -0.323. The van der Waals surface area contributed by atoms with Crippen LogP contribution in [-0.4, -0.2) is 0 Å². The second kappa shape index (κ2) is 5.32. The van der Waals surface area contributed by atoms with Crippen LogP contribution in [0.1, 0.15) is 33.9 Å². The van der Waals surface area contributed by atoms with Crippen LogP contribution in [0.15, 0.2) is 30.3 Å². The Labute approximate surface area is 118 Å². The summed E-state index contributed by atoms with van der Waals surface area (Å²) in [6.45, 7) is 6.03. The van der Waals surface area contributed by atoms with Gasteiger partial charge in [-0.05, 0) is 55.7 Å². The molecule has 0 radical (unpaired) electrons. The van der Waals surface area contributed by atoms with Gasteiger partial charge >= 0.3 is 0 Å². The molecule has 100 valence electrons. The number of halogens is 2. The van der Waals surface area contributed by atoms with Crippen LogP contribution in [0.2, 0.25) is 5.02 Å². The van der Waals surface area contributed by atoms with Crippen LogP contribution < -0.4 is 5.73 Å². The summed E-state index contributed by atoms with van der Waals surface area (Å²) in [6.07, 6.45) is 0. The lowest BCUT2D eigenvalue weighted by Crippen LogP contribution is -2.16. The van der Waals surface area contributed by atoms with Gasteiger partial charge in [0.1, 0.15) is 5.82 Å². The molecule has 0 aliphatic carbocycles. The van der Waals surface area contributed by atoms with E-state index in [1.54, 1.807) is 6.07 Å². The van der Waals surface area contributed by atoms with Crippen molar-refractivity contribution in [2.24, 2.45) is 5.73 Å². The second-order valence-corrected chi connectivity index (χ2v) is 5.39. The minimum Gasteiger partial charge on any atom is -0.320 e. The number of aryl methyl sites for hydroxylation is 3. The third kappa shape index (κ3) is 2.80. The molecule has 1 atom stereocenters. The lowest BCUT2D eigenvalue weighted by atomic mass is 9.90. The van der Waals surface area contributed by atoms with Gasteiger partial charge in [0, 0.05) is 10.6 Å². The molecule has 0 aliphatic rings. The molecule has 0 heterocycles. The van der Waals surface area contributed by atoms with E-state index in [0.29, 0.717) is 10.6 Å². The molecule has 0 spiro atoms. The Morgan fingerprint density at radius 2 is 1.63 bits per heavy atom. The van der Waals surface area contributed by atoms with E-state index < -0.39 is 6.04 Å². The summed E-state index contributed by atoms with van der Waals surface area (Å²) in [5.41, 5.74) is 11.0. The molecular formula is C16H17ClFN. The summed E-state index contributed by atoms with van der Waals surface area (Å²) in [7, 11) is 0. The van der Waals surface area contributed by atoms with Crippen LogP contribution in [0.5, 0.6) is 0 Å². The number of benzene rings is 2. The maximum atomic E-state index is 13.9. The first-order chi connectivity index (χ1) is 8.90. The topological polar surface area (TPSA) is 26.0 Å². The zero-order chi connectivity index (χ0) is 14.2. The molecule has 1 unspecified atom stereocenters. The molecule has 2 rings (SSSR count). The molecule has 2 N–H and O–H groups in total. The van der Waals surface area contributed by atoms with E-state index in [4.69, 9.17) is 17.3 Å². The molecule has 0 aliphatic heterocycles. The van der Waals surface area contributed by atoms with E-state index in [1.165, 1.54) is 17.7 Å². The zero-order valence-corrected chi connectivity index (χ0v) is 12.1. The highest BCUT2D eigenvalue weighted by molar-refractivity contribution is 6.30. The van der Waals surface area contributed by atoms with E-state index in [-0.39, 0.29) is 5.82 Å². The fraction of sp³-hybridized carbons (Fsp3) is 0.250. The lowest BCUT2D eigenvalue weighted by Gasteiger charge is -2.19. The molecule has 0 bridgehead atoms. The molecule has 0 saturated heterocycles. The smallest absolute Gasteiger partial charge is 0.128 e. The fourth-order valence-corrected chi connectivity index (χ4v) is 2.77. The third-order valence-corrected chi connectivity index (χ3v) is 3.58. The Morgan fingerprint density at radius 3 is 2.21 bits per heavy atom. The van der Waals surface area contributed by atoms with E-state index in [1.807, 2.05) is 20.8 Å². The van der Waals surface area contributed by atoms with Crippen molar-refractivity contribution in [1.82, 2.24) is 0 Å². The van der Waals surface area contributed by atoms with Crippen LogP contribution in [0.25, 0.3) is 0 Å². The van der Waals surface area contributed by atoms with Crippen molar-refractivity contribution in [2.45, 2.75) is 26.8 Å². The van der Waals surface area contributed by atoms with Crippen LogP contribution in [0.3, 0.4) is 0 Å². The highest BCUT2D eigenvalue weighted by atomic mass is 35.5. The maximum Gasteiger partial charge on any atom is 0.128 e. The Bertz CT molecular complexity index is 599. The maximum absolute atomic E-state index is 13.9. The first kappa shape index (κ1) is 14.0. The molecule has 1 nitrogen and oxygen atoms in total. The van der Waals surface area contributed by atoms with Crippen molar-refractivity contribution < 1.29 is 4.39 Å². The van der Waals surface area contributed by atoms with Crippen molar-refractivity contribution in [3.63, 3.8) is 0 Å². The Kier molecular flexibility index (Phi) is 3.93. The average molecular weight is 278 g/mol. The van der Waals surface area contributed by atoms with Gasteiger partial charge in [0.15, 0.2) is 0 Å². The monoisotopic (exact) mass is 277 g/mol. The first-order valence-electron chi connectivity index (χ1n) is 6.18. The number of nitrogens with two attached hydrogens (primary N) is 1. The van der Waals surface area contributed by atoms with E-state index >= 15 is 0 Å². The average Bonchev–Trinajstić information content (AvgIpc) is 2.30. The molecule has 0 saturated carbocycles. The van der Waals surface area contributed by atoms with Gasteiger partial charge in [0.25, 0.3) is 0 Å². The Hall–Kier alpha value is -1.38. The molecule has 2 aromatic rings. The minimum absolute atomic E-state index is 0.323. The van der Waals surface area contributed by atoms with Gasteiger partial charge in [-0.2, -0.15) is 0 Å². The van der Waals surface area contributed by atoms with Crippen molar-refractivity contribution >= 4 is 11.6 Å². The molecular weight excluding hydrogens is 261 g/mol. The molecule has 0 fully saturated rings. The van der Waals surface area contributed by atoms with Gasteiger partial charge in [0.05, 0.1) is 6.04 Å². The fourth-order valence-electron chi connectivity index (χ4n) is 2.59. The predicted octanol–water partition coefficient (Wildman–Crippen LogP) is 4.45. The van der Waals surface area contributed by atoms with E-state index in [9.17, 15) is 4.39 Å². The third-order valence-electron chi connectivity index (χ3n) is 3.34. The largest absolute Gasteiger partial charge is 0.320 e. The summed E-state index contributed by atoms with van der Waals surface area (Å²) in [5, 5.41) is 0.495. The number of hydrogen-bond donors (Lipinski definition) is 1. The highest BCUT2D eigenvalue weighted by Crippen LogP contribution is 2.29. The van der Waals surface area contributed by atoms with Crippen molar-refractivity contribution in [3.8, 4) is 0 Å². The summed E-state index contributed by atoms with van der Waals surface area (Å²) in [6, 6.07) is 8.10. The summed E-state index contributed by atoms with van der Waals surface area (Å²) in [4.78, 5) is 0. The quantitative estimate of drug-likeness (QED) is 0.862. The van der Waals surface area contributed by atoms with Gasteiger partial charge < -0.3 is 5.73 Å². The summed E-state index contributed by atoms with van der Waals surface area (Å²) >= 11 is 5.93. The Morgan fingerprint density at radius 1 is 1.05 bits per heavy atom.